The lowest BCUT2D eigenvalue weighted by Crippen LogP contribution is -2.42. The summed E-state index contributed by atoms with van der Waals surface area (Å²) >= 11 is 0. The van der Waals surface area contributed by atoms with Crippen LogP contribution in [-0.2, 0) is 6.42 Å². The zero-order valence-corrected chi connectivity index (χ0v) is 16.2. The molecule has 0 saturated heterocycles. The molecule has 142 valence electrons. The standard InChI is InChI=1S/C20H35N3O2/c1-5-18(8-7-14-21-6-2)23-20(24)22-15-13-17-9-11-19(12-10-17)25-16(3)4/h9-12,16,18,21H,5-8,13-15H2,1-4H3,(H2,22,23,24)/t18-/m0/s1. The molecule has 1 atom stereocenters. The molecule has 0 aliphatic carbocycles. The van der Waals surface area contributed by atoms with Crippen LogP contribution in [0.4, 0.5) is 4.79 Å². The third-order valence-electron chi connectivity index (χ3n) is 3.98. The number of carbonyl (C=O) groups excluding carboxylic acids is 1. The second kappa shape index (κ2) is 12.6. The molecule has 0 saturated carbocycles. The normalized spacial score (nSPS) is 12.0. The quantitative estimate of drug-likeness (QED) is 0.506. The lowest BCUT2D eigenvalue weighted by molar-refractivity contribution is 0.235. The van der Waals surface area contributed by atoms with E-state index >= 15 is 0 Å². The molecule has 1 aromatic rings. The van der Waals surface area contributed by atoms with Crippen LogP contribution < -0.4 is 20.7 Å². The molecule has 0 bridgehead atoms. The molecule has 3 N–H and O–H groups in total. The fourth-order valence-electron chi connectivity index (χ4n) is 2.59. The van der Waals surface area contributed by atoms with Crippen molar-refractivity contribution in [3.05, 3.63) is 29.8 Å². The number of amides is 2. The lowest BCUT2D eigenvalue weighted by atomic mass is 10.1. The van der Waals surface area contributed by atoms with Gasteiger partial charge in [-0.2, -0.15) is 0 Å². The number of rotatable bonds is 12. The van der Waals surface area contributed by atoms with Gasteiger partial charge in [-0.25, -0.2) is 4.79 Å². The molecule has 1 rings (SSSR count). The minimum absolute atomic E-state index is 0.0740. The molecular weight excluding hydrogens is 314 g/mol. The Balaban J connectivity index is 2.24. The molecular formula is C20H35N3O2. The van der Waals surface area contributed by atoms with E-state index in [0.29, 0.717) is 6.54 Å². The molecule has 0 aliphatic rings. The van der Waals surface area contributed by atoms with Gasteiger partial charge in [-0.3, -0.25) is 0 Å². The maximum atomic E-state index is 12.0. The Morgan fingerprint density at radius 1 is 1.12 bits per heavy atom. The van der Waals surface area contributed by atoms with E-state index in [1.165, 1.54) is 5.56 Å². The number of nitrogens with one attached hydrogen (secondary N) is 3. The average molecular weight is 350 g/mol. The van der Waals surface area contributed by atoms with Gasteiger partial charge in [0.25, 0.3) is 0 Å². The van der Waals surface area contributed by atoms with Crippen LogP contribution in [0.2, 0.25) is 0 Å². The molecule has 5 nitrogen and oxygen atoms in total. The topological polar surface area (TPSA) is 62.4 Å². The van der Waals surface area contributed by atoms with Gasteiger partial charge in [-0.05, 0) is 70.3 Å². The molecule has 0 heterocycles. The van der Waals surface area contributed by atoms with Crippen molar-refractivity contribution in [3.8, 4) is 5.75 Å². The molecule has 0 fully saturated rings. The van der Waals surface area contributed by atoms with Gasteiger partial charge in [0.15, 0.2) is 0 Å². The second-order valence-electron chi connectivity index (χ2n) is 6.56. The molecule has 0 spiro atoms. The first-order valence-electron chi connectivity index (χ1n) is 9.55. The highest BCUT2D eigenvalue weighted by Crippen LogP contribution is 2.13. The van der Waals surface area contributed by atoms with E-state index in [0.717, 1.165) is 44.5 Å². The van der Waals surface area contributed by atoms with Crippen LogP contribution in [0.15, 0.2) is 24.3 Å². The molecule has 0 aliphatic heterocycles. The summed E-state index contributed by atoms with van der Waals surface area (Å²) in [5, 5.41) is 9.32. The van der Waals surface area contributed by atoms with E-state index in [1.807, 2.05) is 38.1 Å². The van der Waals surface area contributed by atoms with Crippen LogP contribution in [0.5, 0.6) is 5.75 Å². The molecule has 1 aromatic carbocycles. The maximum absolute atomic E-state index is 12.0. The predicted molar refractivity (Wildman–Crippen MR) is 104 cm³/mol. The van der Waals surface area contributed by atoms with Gasteiger partial charge >= 0.3 is 6.03 Å². The third-order valence-corrected chi connectivity index (χ3v) is 3.98. The van der Waals surface area contributed by atoms with Gasteiger partial charge in [0.1, 0.15) is 5.75 Å². The number of benzene rings is 1. The van der Waals surface area contributed by atoms with Gasteiger partial charge in [-0.1, -0.05) is 26.0 Å². The molecule has 5 heteroatoms. The van der Waals surface area contributed by atoms with E-state index in [4.69, 9.17) is 4.74 Å². The van der Waals surface area contributed by atoms with E-state index < -0.39 is 0 Å². The van der Waals surface area contributed by atoms with Crippen LogP contribution >= 0.6 is 0 Å². The van der Waals surface area contributed by atoms with Crippen molar-refractivity contribution in [1.82, 2.24) is 16.0 Å². The van der Waals surface area contributed by atoms with Crippen molar-refractivity contribution in [1.29, 1.82) is 0 Å². The van der Waals surface area contributed by atoms with Crippen LogP contribution in [0, 0.1) is 0 Å². The Bertz CT molecular complexity index is 474. The molecule has 0 radical (unpaired) electrons. The number of carbonyl (C=O) groups is 1. The van der Waals surface area contributed by atoms with Crippen molar-refractivity contribution in [3.63, 3.8) is 0 Å². The highest BCUT2D eigenvalue weighted by atomic mass is 16.5. The Kier molecular flexibility index (Phi) is 10.7. The zero-order chi connectivity index (χ0) is 18.5. The van der Waals surface area contributed by atoms with Gasteiger partial charge in [0.2, 0.25) is 0 Å². The highest BCUT2D eigenvalue weighted by Gasteiger charge is 2.09. The Hall–Kier alpha value is -1.75. The van der Waals surface area contributed by atoms with E-state index in [-0.39, 0.29) is 18.2 Å². The number of ether oxygens (including phenoxy) is 1. The summed E-state index contributed by atoms with van der Waals surface area (Å²) in [6, 6.07) is 8.22. The fraction of sp³-hybridized carbons (Fsp3) is 0.650. The third kappa shape index (κ3) is 9.97. The summed E-state index contributed by atoms with van der Waals surface area (Å²) in [7, 11) is 0. The fourth-order valence-corrected chi connectivity index (χ4v) is 2.59. The van der Waals surface area contributed by atoms with Crippen molar-refractivity contribution in [2.45, 2.75) is 65.5 Å². The first kappa shape index (κ1) is 21.3. The van der Waals surface area contributed by atoms with Gasteiger partial charge < -0.3 is 20.7 Å². The lowest BCUT2D eigenvalue weighted by Gasteiger charge is -2.17. The van der Waals surface area contributed by atoms with Crippen molar-refractivity contribution in [2.75, 3.05) is 19.6 Å². The van der Waals surface area contributed by atoms with E-state index in [9.17, 15) is 4.79 Å². The van der Waals surface area contributed by atoms with Crippen LogP contribution in [0.1, 0.15) is 52.5 Å². The summed E-state index contributed by atoms with van der Waals surface area (Å²) in [6.07, 6.45) is 4.04. The summed E-state index contributed by atoms with van der Waals surface area (Å²) in [4.78, 5) is 12.0. The van der Waals surface area contributed by atoms with Gasteiger partial charge in [0, 0.05) is 12.6 Å². The average Bonchev–Trinajstić information content (AvgIpc) is 2.58. The summed E-state index contributed by atoms with van der Waals surface area (Å²) in [5.74, 6) is 0.882. The monoisotopic (exact) mass is 349 g/mol. The van der Waals surface area contributed by atoms with Crippen LogP contribution in [0.3, 0.4) is 0 Å². The van der Waals surface area contributed by atoms with Gasteiger partial charge in [0.05, 0.1) is 6.10 Å². The number of hydrogen-bond acceptors (Lipinski definition) is 3. The molecule has 0 unspecified atom stereocenters. The minimum atomic E-state index is -0.0740. The predicted octanol–water partition coefficient (Wildman–Crippen LogP) is 3.48. The molecule has 0 aromatic heterocycles. The minimum Gasteiger partial charge on any atom is -0.491 e. The van der Waals surface area contributed by atoms with Crippen LogP contribution in [-0.4, -0.2) is 37.8 Å². The Labute approximate surface area is 152 Å². The first-order valence-corrected chi connectivity index (χ1v) is 9.55. The number of urea groups is 1. The SMILES string of the molecule is CCNCCC[C@H](CC)NC(=O)NCCc1ccc(OC(C)C)cc1. The Morgan fingerprint density at radius 2 is 1.84 bits per heavy atom. The first-order chi connectivity index (χ1) is 12.0. The summed E-state index contributed by atoms with van der Waals surface area (Å²) in [6.45, 7) is 10.9. The van der Waals surface area contributed by atoms with Crippen molar-refractivity contribution >= 4 is 6.03 Å². The molecule has 25 heavy (non-hydrogen) atoms. The number of hydrogen-bond donors (Lipinski definition) is 3. The summed E-state index contributed by atoms with van der Waals surface area (Å²) < 4.78 is 5.63. The molecule has 2 amide bonds. The second-order valence-corrected chi connectivity index (χ2v) is 6.56. The van der Waals surface area contributed by atoms with Crippen molar-refractivity contribution < 1.29 is 9.53 Å². The maximum Gasteiger partial charge on any atom is 0.315 e. The van der Waals surface area contributed by atoms with Crippen molar-refractivity contribution in [2.24, 2.45) is 0 Å². The van der Waals surface area contributed by atoms with Gasteiger partial charge in [-0.15, -0.1) is 0 Å². The van der Waals surface area contributed by atoms with E-state index in [1.54, 1.807) is 0 Å². The highest BCUT2D eigenvalue weighted by molar-refractivity contribution is 5.74. The largest absolute Gasteiger partial charge is 0.491 e. The Morgan fingerprint density at radius 3 is 2.44 bits per heavy atom. The van der Waals surface area contributed by atoms with Crippen LogP contribution in [0.25, 0.3) is 0 Å². The smallest absolute Gasteiger partial charge is 0.315 e. The zero-order valence-electron chi connectivity index (χ0n) is 16.2. The summed E-state index contributed by atoms with van der Waals surface area (Å²) in [5.41, 5.74) is 1.19. The van der Waals surface area contributed by atoms with E-state index in [2.05, 4.69) is 29.8 Å².